The molecule has 0 N–H and O–H groups in total. The van der Waals surface area contributed by atoms with Crippen LogP contribution in [0.15, 0.2) is 24.3 Å². The monoisotopic (exact) mass is 446 g/mol. The molecule has 0 bridgehead atoms. The van der Waals surface area contributed by atoms with Crippen LogP contribution in [0.25, 0.3) is 0 Å². The van der Waals surface area contributed by atoms with E-state index in [-0.39, 0.29) is 17.3 Å². The largest absolute Gasteiger partial charge is 0.462 e. The highest BCUT2D eigenvalue weighted by Crippen LogP contribution is 2.12. The highest BCUT2D eigenvalue weighted by molar-refractivity contribution is 5.92. The molecule has 6 heteroatoms. The summed E-state index contributed by atoms with van der Waals surface area (Å²) in [6.07, 6.45) is 14.4. The van der Waals surface area contributed by atoms with Crippen molar-refractivity contribution in [2.24, 2.45) is 0 Å². The molecule has 1 unspecified atom stereocenters. The molecule has 0 heterocycles. The van der Waals surface area contributed by atoms with Crippen molar-refractivity contribution < 1.29 is 19.1 Å². The number of unbranched alkanes of at least 4 members (excludes halogenated alkanes) is 8. The van der Waals surface area contributed by atoms with Crippen LogP contribution in [0.4, 0.5) is 0 Å². The zero-order chi connectivity index (χ0) is 24.6. The van der Waals surface area contributed by atoms with Crippen molar-refractivity contribution in [1.82, 2.24) is 0 Å². The van der Waals surface area contributed by atoms with Crippen LogP contribution in [0, 0.1) is 22.7 Å². The molecule has 0 aromatic carbocycles. The van der Waals surface area contributed by atoms with Gasteiger partial charge in [0.2, 0.25) is 0 Å². The van der Waals surface area contributed by atoms with Gasteiger partial charge in [0, 0.05) is 0 Å². The van der Waals surface area contributed by atoms with E-state index in [9.17, 15) is 9.59 Å². The minimum Gasteiger partial charge on any atom is -0.462 e. The van der Waals surface area contributed by atoms with Gasteiger partial charge in [-0.25, -0.2) is 9.59 Å². The molecule has 0 aromatic heterocycles. The number of rotatable bonds is 17. The first kappa shape index (κ1) is 31.6. The van der Waals surface area contributed by atoms with Gasteiger partial charge in [0.25, 0.3) is 0 Å². The Balaban J connectivity index is 0. The Morgan fingerprint density at radius 1 is 0.719 bits per heavy atom. The lowest BCUT2D eigenvalue weighted by Crippen LogP contribution is -2.18. The van der Waals surface area contributed by atoms with Crippen LogP contribution in [0.3, 0.4) is 0 Å². The topological polar surface area (TPSA) is 100 Å². The van der Waals surface area contributed by atoms with E-state index in [2.05, 4.69) is 27.0 Å². The van der Waals surface area contributed by atoms with E-state index in [1.807, 2.05) is 6.92 Å². The average molecular weight is 447 g/mol. The van der Waals surface area contributed by atoms with Gasteiger partial charge in [-0.05, 0) is 19.3 Å². The Labute approximate surface area is 195 Å². The molecule has 0 aliphatic rings. The fourth-order valence-electron chi connectivity index (χ4n) is 2.82. The van der Waals surface area contributed by atoms with Gasteiger partial charge in [0.15, 0.2) is 0 Å². The van der Waals surface area contributed by atoms with Crippen molar-refractivity contribution in [2.75, 3.05) is 6.61 Å². The van der Waals surface area contributed by atoms with E-state index < -0.39 is 11.9 Å². The van der Waals surface area contributed by atoms with Gasteiger partial charge >= 0.3 is 11.9 Å². The third kappa shape index (κ3) is 19.4. The third-order valence-electron chi connectivity index (χ3n) is 4.76. The Morgan fingerprint density at radius 3 is 1.72 bits per heavy atom. The van der Waals surface area contributed by atoms with E-state index in [0.717, 1.165) is 44.9 Å². The average Bonchev–Trinajstić information content (AvgIpc) is 2.80. The predicted molar refractivity (Wildman–Crippen MR) is 127 cm³/mol. The van der Waals surface area contributed by atoms with Crippen LogP contribution in [0.5, 0.6) is 0 Å². The molecule has 0 fully saturated rings. The third-order valence-corrected chi connectivity index (χ3v) is 4.76. The van der Waals surface area contributed by atoms with Crippen molar-refractivity contribution >= 4 is 11.9 Å². The summed E-state index contributed by atoms with van der Waals surface area (Å²) in [5.74, 6) is -1.16. The van der Waals surface area contributed by atoms with E-state index in [4.69, 9.17) is 20.0 Å². The molecule has 0 amide bonds. The minimum absolute atomic E-state index is 0.0625. The van der Waals surface area contributed by atoms with Crippen LogP contribution in [-0.2, 0) is 19.1 Å². The standard InChI is InChI=1S/C14H23NO2.C12H19NO2/c1-3-4-5-6-7-8-9-10-11-17-14(16)13(2)12-15;1-4-6-8-11(7-5-2)15-12(14)10(3)9-13/h2-11H2,1H3;11H,3-8H2,1-2H3. The summed E-state index contributed by atoms with van der Waals surface area (Å²) in [7, 11) is 0. The minimum atomic E-state index is -0.588. The van der Waals surface area contributed by atoms with Crippen molar-refractivity contribution in [2.45, 2.75) is 110 Å². The second kappa shape index (κ2) is 23.1. The normalized spacial score (nSPS) is 10.5. The lowest BCUT2D eigenvalue weighted by molar-refractivity contribution is -0.144. The maximum absolute atomic E-state index is 11.3. The van der Waals surface area contributed by atoms with Crippen LogP contribution < -0.4 is 0 Å². The Bertz CT molecular complexity index is 629. The summed E-state index contributed by atoms with van der Waals surface area (Å²) >= 11 is 0. The number of carbonyl (C=O) groups is 2. The highest BCUT2D eigenvalue weighted by Gasteiger charge is 2.15. The molecule has 0 aliphatic carbocycles. The Kier molecular flexibility index (Phi) is 22.8. The molecule has 0 aliphatic heterocycles. The van der Waals surface area contributed by atoms with E-state index in [0.29, 0.717) is 6.61 Å². The van der Waals surface area contributed by atoms with Gasteiger partial charge in [-0.3, -0.25) is 0 Å². The smallest absolute Gasteiger partial charge is 0.348 e. The fourth-order valence-corrected chi connectivity index (χ4v) is 2.82. The first-order valence-electron chi connectivity index (χ1n) is 11.9. The summed E-state index contributed by atoms with van der Waals surface area (Å²) in [6, 6.07) is 3.38. The van der Waals surface area contributed by atoms with E-state index in [1.165, 1.54) is 38.5 Å². The zero-order valence-electron chi connectivity index (χ0n) is 20.4. The summed E-state index contributed by atoms with van der Waals surface area (Å²) in [5.41, 5.74) is -0.239. The lowest BCUT2D eigenvalue weighted by Gasteiger charge is -2.16. The van der Waals surface area contributed by atoms with Gasteiger partial charge in [0.1, 0.15) is 29.4 Å². The van der Waals surface area contributed by atoms with Crippen LogP contribution >= 0.6 is 0 Å². The molecule has 6 nitrogen and oxygen atoms in total. The number of hydrogen-bond donors (Lipinski definition) is 0. The number of nitriles is 2. The van der Waals surface area contributed by atoms with Crippen molar-refractivity contribution in [3.8, 4) is 12.1 Å². The first-order chi connectivity index (χ1) is 15.4. The van der Waals surface area contributed by atoms with Gasteiger partial charge in [-0.2, -0.15) is 10.5 Å². The maximum atomic E-state index is 11.3. The number of ether oxygens (including phenoxy) is 2. The highest BCUT2D eigenvalue weighted by atomic mass is 16.5. The summed E-state index contributed by atoms with van der Waals surface area (Å²) in [5, 5.41) is 16.9. The SMILES string of the molecule is C=C(C#N)C(=O)OC(CCC)CCCC.C=C(C#N)C(=O)OCCCCCCCCCC. The van der Waals surface area contributed by atoms with E-state index >= 15 is 0 Å². The number of carbonyl (C=O) groups excluding carboxylic acids is 2. The number of esters is 2. The van der Waals surface area contributed by atoms with Crippen molar-refractivity contribution in [3.05, 3.63) is 24.3 Å². The summed E-state index contributed by atoms with van der Waals surface area (Å²) in [6.45, 7) is 13.4. The predicted octanol–water partition coefficient (Wildman–Crippen LogP) is 6.72. The molecule has 0 radical (unpaired) electrons. The van der Waals surface area contributed by atoms with E-state index in [1.54, 1.807) is 12.1 Å². The molecule has 0 spiro atoms. The molecular formula is C26H42N2O4. The molecule has 32 heavy (non-hydrogen) atoms. The summed E-state index contributed by atoms with van der Waals surface area (Å²) in [4.78, 5) is 22.3. The van der Waals surface area contributed by atoms with Gasteiger partial charge < -0.3 is 9.47 Å². The lowest BCUT2D eigenvalue weighted by atomic mass is 10.1. The quantitative estimate of drug-likeness (QED) is 0.106. The molecule has 180 valence electrons. The molecule has 0 rings (SSSR count). The first-order valence-corrected chi connectivity index (χ1v) is 11.9. The van der Waals surface area contributed by atoms with Crippen LogP contribution in [-0.4, -0.2) is 24.6 Å². The molecular weight excluding hydrogens is 404 g/mol. The van der Waals surface area contributed by atoms with Gasteiger partial charge in [-0.15, -0.1) is 0 Å². The molecule has 0 saturated heterocycles. The summed E-state index contributed by atoms with van der Waals surface area (Å²) < 4.78 is 10.1. The van der Waals surface area contributed by atoms with Gasteiger partial charge in [0.05, 0.1) is 6.61 Å². The molecule has 0 aromatic rings. The van der Waals surface area contributed by atoms with Crippen molar-refractivity contribution in [1.29, 1.82) is 10.5 Å². The second-order valence-electron chi connectivity index (χ2n) is 7.75. The maximum Gasteiger partial charge on any atom is 0.348 e. The number of nitrogens with zero attached hydrogens (tertiary/aromatic N) is 2. The Morgan fingerprint density at radius 2 is 1.22 bits per heavy atom. The van der Waals surface area contributed by atoms with Gasteiger partial charge in [-0.1, -0.05) is 98.1 Å². The molecule has 0 saturated carbocycles. The van der Waals surface area contributed by atoms with Crippen molar-refractivity contribution in [3.63, 3.8) is 0 Å². The second-order valence-corrected chi connectivity index (χ2v) is 7.75. The van der Waals surface area contributed by atoms with Crippen LogP contribution in [0.1, 0.15) is 104 Å². The number of hydrogen-bond acceptors (Lipinski definition) is 6. The zero-order valence-corrected chi connectivity index (χ0v) is 20.4. The molecule has 1 atom stereocenters. The van der Waals surface area contributed by atoms with Crippen LogP contribution in [0.2, 0.25) is 0 Å². The Hall–Kier alpha value is -2.60. The fraction of sp³-hybridized carbons (Fsp3) is 0.692.